The molecule has 0 saturated carbocycles. The van der Waals surface area contributed by atoms with Crippen LogP contribution >= 0.6 is 23.2 Å². The lowest BCUT2D eigenvalue weighted by Crippen LogP contribution is -2.13. The molecular weight excluding hydrogens is 553 g/mol. The summed E-state index contributed by atoms with van der Waals surface area (Å²) >= 11 is 12.2. The molecule has 4 aromatic carbocycles. The van der Waals surface area contributed by atoms with Crippen LogP contribution in [0.5, 0.6) is 11.5 Å². The van der Waals surface area contributed by atoms with E-state index >= 15 is 0 Å². The Balaban J connectivity index is 1.86. The van der Waals surface area contributed by atoms with Crippen molar-refractivity contribution in [1.29, 1.82) is 0 Å². The lowest BCUT2D eigenvalue weighted by atomic mass is 10.0. The number of nitrogens with zero attached hydrogens (tertiary/aromatic N) is 2. The summed E-state index contributed by atoms with van der Waals surface area (Å²) in [4.78, 5) is 12.6. The molecule has 3 N–H and O–H groups in total. The summed E-state index contributed by atoms with van der Waals surface area (Å²) in [5.41, 5.74) is 0.484. The molecule has 0 radical (unpaired) electrons. The number of phenolic OH excluding ortho intramolecular Hbond substituents is 1. The molecule has 0 aliphatic rings. The topological polar surface area (TPSA) is 138 Å². The van der Waals surface area contributed by atoms with E-state index in [4.69, 9.17) is 27.9 Å². The minimum atomic E-state index is -4.75. The summed E-state index contributed by atoms with van der Waals surface area (Å²) in [5.74, 6) is -0.828. The SMILES string of the molecule is CCc1cc(Cl)c(S(=O)(=O)O)c(N=Nc2c(O)c(C(=O)Nc3cc(Cl)ccc3OC)cc3ccccc23)c1. The van der Waals surface area contributed by atoms with Crippen molar-refractivity contribution in [3.05, 3.63) is 81.8 Å². The number of ether oxygens (including phenoxy) is 1. The van der Waals surface area contributed by atoms with Gasteiger partial charge >= 0.3 is 0 Å². The van der Waals surface area contributed by atoms with Gasteiger partial charge in [0.2, 0.25) is 0 Å². The van der Waals surface area contributed by atoms with Crippen LogP contribution in [-0.4, -0.2) is 31.1 Å². The number of carbonyl (C=O) groups is 1. The second kappa shape index (κ2) is 11.0. The van der Waals surface area contributed by atoms with Gasteiger partial charge in [-0.15, -0.1) is 10.2 Å². The molecule has 0 spiro atoms. The van der Waals surface area contributed by atoms with Gasteiger partial charge in [-0.2, -0.15) is 8.42 Å². The third-order valence-electron chi connectivity index (χ3n) is 5.66. The highest BCUT2D eigenvalue weighted by molar-refractivity contribution is 7.86. The fourth-order valence-electron chi connectivity index (χ4n) is 3.83. The van der Waals surface area contributed by atoms with Crippen molar-refractivity contribution in [2.24, 2.45) is 10.2 Å². The standard InChI is InChI=1S/C26H21Cl2N3O6S/c1-3-14-10-19(28)25(38(34,35)36)21(11-14)30-31-23-17-7-5-4-6-15(17)12-18(24(23)32)26(33)29-20-13-16(27)8-9-22(20)37-2/h4-13,32H,3H2,1-2H3,(H,29,33)(H,34,35,36). The predicted octanol–water partition coefficient (Wildman–Crippen LogP) is 7.34. The minimum absolute atomic E-state index is 0.0920. The van der Waals surface area contributed by atoms with Gasteiger partial charge in [-0.1, -0.05) is 54.4 Å². The molecule has 1 amide bonds. The number of rotatable bonds is 7. The van der Waals surface area contributed by atoms with E-state index in [2.05, 4.69) is 15.5 Å². The van der Waals surface area contributed by atoms with Gasteiger partial charge in [0.15, 0.2) is 5.75 Å². The highest BCUT2D eigenvalue weighted by Crippen LogP contribution is 2.41. The molecule has 0 fully saturated rings. The van der Waals surface area contributed by atoms with Gasteiger partial charge in [0.05, 0.1) is 23.4 Å². The van der Waals surface area contributed by atoms with Crippen molar-refractivity contribution in [2.45, 2.75) is 18.2 Å². The van der Waals surface area contributed by atoms with Crippen LogP contribution in [0.25, 0.3) is 10.8 Å². The van der Waals surface area contributed by atoms with Crippen LogP contribution < -0.4 is 10.1 Å². The van der Waals surface area contributed by atoms with Crippen molar-refractivity contribution in [2.75, 3.05) is 12.4 Å². The average molecular weight is 574 g/mol. The Hall–Kier alpha value is -3.70. The Labute approximate surface area is 228 Å². The van der Waals surface area contributed by atoms with Crippen LogP contribution in [0.2, 0.25) is 10.0 Å². The molecule has 0 saturated heterocycles. The molecule has 0 aromatic heterocycles. The Kier molecular flexibility index (Phi) is 7.89. The average Bonchev–Trinajstić information content (AvgIpc) is 2.86. The predicted molar refractivity (Wildman–Crippen MR) is 146 cm³/mol. The lowest BCUT2D eigenvalue weighted by molar-refractivity contribution is 0.102. The molecule has 0 heterocycles. The number of anilines is 1. The maximum Gasteiger partial charge on any atom is 0.298 e. The summed E-state index contributed by atoms with van der Waals surface area (Å²) < 4.78 is 39.0. The lowest BCUT2D eigenvalue weighted by Gasteiger charge is -2.13. The van der Waals surface area contributed by atoms with Gasteiger partial charge in [-0.25, -0.2) is 0 Å². The van der Waals surface area contributed by atoms with Gasteiger partial charge in [0.25, 0.3) is 16.0 Å². The fraction of sp³-hybridized carbons (Fsp3) is 0.115. The minimum Gasteiger partial charge on any atom is -0.505 e. The summed E-state index contributed by atoms with van der Waals surface area (Å²) in [6, 6.07) is 15.8. The third kappa shape index (κ3) is 5.58. The number of carbonyl (C=O) groups excluding carboxylic acids is 1. The van der Waals surface area contributed by atoms with E-state index in [0.29, 0.717) is 33.5 Å². The van der Waals surface area contributed by atoms with Gasteiger partial charge in [-0.3, -0.25) is 9.35 Å². The van der Waals surface area contributed by atoms with Crippen LogP contribution in [0.15, 0.2) is 75.8 Å². The molecular formula is C26H21Cl2N3O6S. The van der Waals surface area contributed by atoms with E-state index in [-0.39, 0.29) is 27.6 Å². The van der Waals surface area contributed by atoms with E-state index in [1.165, 1.54) is 31.4 Å². The first-order valence-corrected chi connectivity index (χ1v) is 13.3. The number of methoxy groups -OCH3 is 1. The van der Waals surface area contributed by atoms with E-state index < -0.39 is 26.7 Å². The first-order valence-electron chi connectivity index (χ1n) is 11.1. The van der Waals surface area contributed by atoms with Crippen molar-refractivity contribution in [1.82, 2.24) is 0 Å². The molecule has 38 heavy (non-hydrogen) atoms. The van der Waals surface area contributed by atoms with Gasteiger partial charge in [0.1, 0.15) is 22.0 Å². The van der Waals surface area contributed by atoms with Crippen LogP contribution in [0.3, 0.4) is 0 Å². The van der Waals surface area contributed by atoms with Crippen molar-refractivity contribution in [3.8, 4) is 11.5 Å². The molecule has 0 unspecified atom stereocenters. The number of amides is 1. The van der Waals surface area contributed by atoms with Gasteiger partial charge in [0, 0.05) is 10.4 Å². The normalized spacial score (nSPS) is 11.7. The summed E-state index contributed by atoms with van der Waals surface area (Å²) in [6.45, 7) is 1.83. The number of azo groups is 1. The molecule has 0 atom stereocenters. The smallest absolute Gasteiger partial charge is 0.298 e. The third-order valence-corrected chi connectivity index (χ3v) is 7.25. The molecule has 12 heteroatoms. The number of aryl methyl sites for hydroxylation is 1. The second-order valence-corrected chi connectivity index (χ2v) is 10.3. The van der Waals surface area contributed by atoms with Crippen LogP contribution in [0.1, 0.15) is 22.8 Å². The molecule has 4 rings (SSSR count). The molecule has 0 bridgehead atoms. The first-order chi connectivity index (χ1) is 18.0. The number of fused-ring (bicyclic) bond motifs is 1. The Morgan fingerprint density at radius 1 is 1.05 bits per heavy atom. The van der Waals surface area contributed by atoms with E-state index in [9.17, 15) is 22.9 Å². The summed E-state index contributed by atoms with van der Waals surface area (Å²) in [7, 11) is -3.31. The number of nitrogens with one attached hydrogen (secondary N) is 1. The molecule has 4 aromatic rings. The Morgan fingerprint density at radius 2 is 1.79 bits per heavy atom. The van der Waals surface area contributed by atoms with Crippen molar-refractivity contribution in [3.63, 3.8) is 0 Å². The zero-order valence-electron chi connectivity index (χ0n) is 20.1. The maximum atomic E-state index is 13.2. The van der Waals surface area contributed by atoms with Gasteiger partial charge in [-0.05, 0) is 53.8 Å². The molecule has 9 nitrogen and oxygen atoms in total. The maximum absolute atomic E-state index is 13.2. The van der Waals surface area contributed by atoms with Crippen molar-refractivity contribution >= 4 is 67.1 Å². The fourth-order valence-corrected chi connectivity index (χ4v) is 5.20. The Bertz CT molecular complexity index is 1710. The van der Waals surface area contributed by atoms with Crippen LogP contribution in [0.4, 0.5) is 17.1 Å². The highest BCUT2D eigenvalue weighted by atomic mass is 35.5. The highest BCUT2D eigenvalue weighted by Gasteiger charge is 2.23. The zero-order chi connectivity index (χ0) is 27.6. The number of aromatic hydroxyl groups is 1. The van der Waals surface area contributed by atoms with E-state index in [0.717, 1.165) is 0 Å². The number of hydrogen-bond donors (Lipinski definition) is 3. The van der Waals surface area contributed by atoms with Crippen LogP contribution in [0, 0.1) is 0 Å². The molecule has 0 aliphatic heterocycles. The quantitative estimate of drug-likeness (QED) is 0.156. The monoisotopic (exact) mass is 573 g/mol. The number of benzene rings is 4. The van der Waals surface area contributed by atoms with Crippen LogP contribution in [-0.2, 0) is 16.5 Å². The molecule has 0 aliphatic carbocycles. The summed E-state index contributed by atoms with van der Waals surface area (Å²) in [6.07, 6.45) is 0.505. The molecule has 196 valence electrons. The van der Waals surface area contributed by atoms with E-state index in [1.54, 1.807) is 36.4 Å². The number of hydrogen-bond acceptors (Lipinski definition) is 7. The first kappa shape index (κ1) is 27.3. The number of halogens is 2. The zero-order valence-corrected chi connectivity index (χ0v) is 22.4. The summed E-state index contributed by atoms with van der Waals surface area (Å²) in [5, 5.41) is 23.0. The Morgan fingerprint density at radius 3 is 2.47 bits per heavy atom. The second-order valence-electron chi connectivity index (χ2n) is 8.10. The van der Waals surface area contributed by atoms with Crippen molar-refractivity contribution < 1.29 is 27.6 Å². The number of phenols is 1. The largest absolute Gasteiger partial charge is 0.505 e. The van der Waals surface area contributed by atoms with Gasteiger partial charge < -0.3 is 15.2 Å². The van der Waals surface area contributed by atoms with E-state index in [1.807, 2.05) is 6.92 Å².